The van der Waals surface area contributed by atoms with Gasteiger partial charge in [-0.05, 0) is 31.2 Å². The molecule has 0 saturated carbocycles. The maximum atomic E-state index is 12.9. The molecule has 0 aromatic heterocycles. The summed E-state index contributed by atoms with van der Waals surface area (Å²) in [6.45, 7) is -0.446. The van der Waals surface area contributed by atoms with Crippen molar-refractivity contribution in [2.45, 2.75) is 22.7 Å². The number of alkyl halides is 3. The number of sulfone groups is 1. The van der Waals surface area contributed by atoms with Gasteiger partial charge in [0.05, 0.1) is 9.92 Å². The van der Waals surface area contributed by atoms with Crippen molar-refractivity contribution in [2.24, 2.45) is 5.73 Å². The monoisotopic (exact) mass is 319 g/mol. The van der Waals surface area contributed by atoms with Crippen LogP contribution in [-0.4, -0.2) is 26.4 Å². The van der Waals surface area contributed by atoms with Crippen molar-refractivity contribution < 1.29 is 26.0 Å². The summed E-state index contributed by atoms with van der Waals surface area (Å²) in [5.41, 5.74) is 5.00. The topological polar surface area (TPSA) is 60.2 Å². The minimum Gasteiger partial charge on any atom is -0.330 e. The average molecular weight is 320 g/mol. The Morgan fingerprint density at radius 2 is 1.89 bits per heavy atom. The van der Waals surface area contributed by atoms with Crippen LogP contribution >= 0.6 is 11.6 Å². The van der Waals surface area contributed by atoms with Gasteiger partial charge in [0.2, 0.25) is 0 Å². The summed E-state index contributed by atoms with van der Waals surface area (Å²) in [6, 6.07) is 2.10. The molecule has 0 heterocycles. The second-order valence-corrected chi connectivity index (χ2v) is 6.27. The molecule has 1 atom stereocenters. The van der Waals surface area contributed by atoms with Crippen molar-refractivity contribution in [1.82, 2.24) is 0 Å². The van der Waals surface area contributed by atoms with Gasteiger partial charge in [-0.2, -0.15) is 13.2 Å². The Morgan fingerprint density at radius 1 is 1.32 bits per heavy atom. The number of hydrogen-bond acceptors (Lipinski definition) is 3. The Morgan fingerprint density at radius 3 is 2.32 bits per heavy atom. The molecule has 0 spiro atoms. The van der Waals surface area contributed by atoms with E-state index < -0.39 is 50.0 Å². The molecule has 1 rings (SSSR count). The van der Waals surface area contributed by atoms with Crippen molar-refractivity contribution in [1.29, 1.82) is 0 Å². The SMILES string of the molecule is NCCC(C(F)(F)F)S(=O)(=O)c1ccc(F)c(Cl)c1. The van der Waals surface area contributed by atoms with Crippen LogP contribution in [0, 0.1) is 5.82 Å². The molecule has 0 aliphatic heterocycles. The lowest BCUT2D eigenvalue weighted by molar-refractivity contribution is -0.131. The molecule has 0 saturated heterocycles. The van der Waals surface area contributed by atoms with Crippen molar-refractivity contribution in [3.63, 3.8) is 0 Å². The molecule has 0 bridgehead atoms. The molecule has 0 amide bonds. The number of hydrogen-bond donors (Lipinski definition) is 1. The summed E-state index contributed by atoms with van der Waals surface area (Å²) in [5.74, 6) is -0.914. The third-order valence-corrected chi connectivity index (χ3v) is 4.84. The summed E-state index contributed by atoms with van der Waals surface area (Å²) in [4.78, 5) is -0.685. The minimum absolute atomic E-state index is 0.446. The van der Waals surface area contributed by atoms with Crippen LogP contribution in [0.1, 0.15) is 6.42 Å². The number of halogens is 5. The first-order valence-electron chi connectivity index (χ1n) is 5.06. The standard InChI is InChI=1S/C10H10ClF4NO2S/c11-7-5-6(1-2-8(7)12)19(17,18)9(3-4-16)10(13,14)15/h1-2,5,9H,3-4,16H2. The summed E-state index contributed by atoms with van der Waals surface area (Å²) >= 11 is 5.37. The molecule has 9 heteroatoms. The van der Waals surface area contributed by atoms with Crippen LogP contribution in [-0.2, 0) is 9.84 Å². The highest BCUT2D eigenvalue weighted by Gasteiger charge is 2.48. The first-order valence-corrected chi connectivity index (χ1v) is 6.99. The van der Waals surface area contributed by atoms with Crippen molar-refractivity contribution >= 4 is 21.4 Å². The number of rotatable bonds is 4. The van der Waals surface area contributed by atoms with E-state index in [1.54, 1.807) is 0 Å². The van der Waals surface area contributed by atoms with Gasteiger partial charge >= 0.3 is 6.18 Å². The van der Waals surface area contributed by atoms with Crippen LogP contribution in [0.4, 0.5) is 17.6 Å². The van der Waals surface area contributed by atoms with Gasteiger partial charge in [-0.15, -0.1) is 0 Å². The zero-order chi connectivity index (χ0) is 14.8. The van der Waals surface area contributed by atoms with Crippen LogP contribution in [0.2, 0.25) is 5.02 Å². The van der Waals surface area contributed by atoms with E-state index in [0.717, 1.165) is 6.07 Å². The quantitative estimate of drug-likeness (QED) is 0.685. The second-order valence-electron chi connectivity index (χ2n) is 3.73. The van der Waals surface area contributed by atoms with Gasteiger partial charge in [0.1, 0.15) is 5.82 Å². The van der Waals surface area contributed by atoms with Crippen LogP contribution in [0.15, 0.2) is 23.1 Å². The van der Waals surface area contributed by atoms with Gasteiger partial charge in [0.25, 0.3) is 0 Å². The molecule has 1 aromatic carbocycles. The third-order valence-electron chi connectivity index (χ3n) is 2.39. The molecular weight excluding hydrogens is 310 g/mol. The average Bonchev–Trinajstić information content (AvgIpc) is 2.27. The molecule has 1 aromatic rings. The Bertz CT molecular complexity index is 559. The van der Waals surface area contributed by atoms with E-state index in [2.05, 4.69) is 0 Å². The molecule has 0 radical (unpaired) electrons. The Labute approximate surface area is 112 Å². The van der Waals surface area contributed by atoms with E-state index in [-0.39, 0.29) is 0 Å². The van der Waals surface area contributed by atoms with Crippen LogP contribution in [0.5, 0.6) is 0 Å². The van der Waals surface area contributed by atoms with Gasteiger partial charge in [-0.25, -0.2) is 12.8 Å². The predicted molar refractivity (Wildman–Crippen MR) is 62.1 cm³/mol. The zero-order valence-electron chi connectivity index (χ0n) is 9.42. The molecule has 0 aliphatic rings. The van der Waals surface area contributed by atoms with E-state index >= 15 is 0 Å². The van der Waals surface area contributed by atoms with E-state index in [1.165, 1.54) is 0 Å². The summed E-state index contributed by atoms with van der Waals surface area (Å²) in [6.07, 6.45) is -5.74. The smallest absolute Gasteiger partial charge is 0.330 e. The highest BCUT2D eigenvalue weighted by atomic mass is 35.5. The Balaban J connectivity index is 3.31. The lowest BCUT2D eigenvalue weighted by atomic mass is 10.3. The van der Waals surface area contributed by atoms with Gasteiger partial charge in [0.15, 0.2) is 15.1 Å². The lowest BCUT2D eigenvalue weighted by Gasteiger charge is -2.20. The summed E-state index contributed by atoms with van der Waals surface area (Å²) in [7, 11) is -4.72. The molecule has 2 N–H and O–H groups in total. The fraction of sp³-hybridized carbons (Fsp3) is 0.400. The summed E-state index contributed by atoms with van der Waals surface area (Å²) in [5, 5.41) is -3.19. The van der Waals surface area contributed by atoms with Crippen molar-refractivity contribution in [3.05, 3.63) is 29.0 Å². The van der Waals surface area contributed by atoms with E-state index in [0.29, 0.717) is 12.1 Å². The first kappa shape index (κ1) is 16.2. The maximum Gasteiger partial charge on any atom is 0.405 e. The largest absolute Gasteiger partial charge is 0.405 e. The molecular formula is C10H10ClF4NO2S. The Hall–Kier alpha value is -0.860. The zero-order valence-corrected chi connectivity index (χ0v) is 11.0. The molecule has 0 aliphatic carbocycles. The normalized spacial score (nSPS) is 14.4. The minimum atomic E-state index is -4.96. The second kappa shape index (κ2) is 5.64. The van der Waals surface area contributed by atoms with Gasteiger partial charge in [-0.3, -0.25) is 0 Å². The third kappa shape index (κ3) is 3.58. The van der Waals surface area contributed by atoms with E-state index in [9.17, 15) is 26.0 Å². The van der Waals surface area contributed by atoms with Crippen molar-refractivity contribution in [3.8, 4) is 0 Å². The fourth-order valence-corrected chi connectivity index (χ4v) is 3.38. The molecule has 0 fully saturated rings. The number of nitrogens with two attached hydrogens (primary N) is 1. The highest BCUT2D eigenvalue weighted by molar-refractivity contribution is 7.92. The van der Waals surface area contributed by atoms with Gasteiger partial charge in [0, 0.05) is 0 Å². The fourth-order valence-electron chi connectivity index (χ4n) is 1.46. The number of benzene rings is 1. The first-order chi connectivity index (χ1) is 8.60. The predicted octanol–water partition coefficient (Wildman–Crippen LogP) is 2.53. The van der Waals surface area contributed by atoms with E-state index in [1.807, 2.05) is 0 Å². The van der Waals surface area contributed by atoms with Gasteiger partial charge in [-0.1, -0.05) is 11.6 Å². The maximum absolute atomic E-state index is 12.9. The van der Waals surface area contributed by atoms with Crippen LogP contribution in [0.25, 0.3) is 0 Å². The summed E-state index contributed by atoms with van der Waals surface area (Å²) < 4.78 is 74.8. The molecule has 1 unspecified atom stereocenters. The van der Waals surface area contributed by atoms with E-state index in [4.69, 9.17) is 17.3 Å². The molecule has 19 heavy (non-hydrogen) atoms. The van der Waals surface area contributed by atoms with Crippen molar-refractivity contribution in [2.75, 3.05) is 6.54 Å². The van der Waals surface area contributed by atoms with Crippen LogP contribution < -0.4 is 5.73 Å². The van der Waals surface area contributed by atoms with Gasteiger partial charge < -0.3 is 5.73 Å². The highest BCUT2D eigenvalue weighted by Crippen LogP contribution is 2.33. The van der Waals surface area contributed by atoms with Crippen LogP contribution in [0.3, 0.4) is 0 Å². The Kier molecular flexibility index (Phi) is 4.81. The molecule has 108 valence electrons. The molecule has 3 nitrogen and oxygen atoms in total. The lowest BCUT2D eigenvalue weighted by Crippen LogP contribution is -2.38.